The van der Waals surface area contributed by atoms with Crippen molar-refractivity contribution in [2.45, 2.75) is 10.9 Å². The van der Waals surface area contributed by atoms with E-state index in [9.17, 15) is 4.79 Å². The molecule has 4 aromatic rings. The number of thiophene rings is 1. The second-order valence-electron chi connectivity index (χ2n) is 5.22. The molecule has 6 nitrogen and oxygen atoms in total. The molecule has 120 valence electrons. The van der Waals surface area contributed by atoms with Crippen molar-refractivity contribution in [2.75, 3.05) is 5.73 Å². The monoisotopic (exact) mass is 355 g/mol. The summed E-state index contributed by atoms with van der Waals surface area (Å²) in [6.07, 6.45) is 0. The summed E-state index contributed by atoms with van der Waals surface area (Å²) in [5.74, 6) is 1.58. The predicted octanol–water partition coefficient (Wildman–Crippen LogP) is 2.81. The van der Waals surface area contributed by atoms with Crippen molar-refractivity contribution >= 4 is 50.0 Å². The van der Waals surface area contributed by atoms with Gasteiger partial charge in [-0.05, 0) is 23.6 Å². The van der Waals surface area contributed by atoms with Crippen LogP contribution in [-0.4, -0.2) is 19.5 Å². The van der Waals surface area contributed by atoms with Gasteiger partial charge in [-0.1, -0.05) is 23.9 Å². The van der Waals surface area contributed by atoms with Crippen LogP contribution in [0.4, 0.5) is 5.82 Å². The van der Waals surface area contributed by atoms with Gasteiger partial charge < -0.3 is 5.73 Å². The van der Waals surface area contributed by atoms with Crippen molar-refractivity contribution in [2.24, 2.45) is 7.05 Å². The summed E-state index contributed by atoms with van der Waals surface area (Å²) < 4.78 is 2.24. The number of hydrogen-bond donors (Lipinski definition) is 1. The van der Waals surface area contributed by atoms with E-state index in [2.05, 4.69) is 15.0 Å². The summed E-state index contributed by atoms with van der Waals surface area (Å²) >= 11 is 2.83. The van der Waals surface area contributed by atoms with E-state index in [-0.39, 0.29) is 5.56 Å². The molecule has 0 aliphatic heterocycles. The van der Waals surface area contributed by atoms with Crippen molar-refractivity contribution in [3.63, 3.8) is 0 Å². The van der Waals surface area contributed by atoms with Crippen LogP contribution >= 0.6 is 23.1 Å². The summed E-state index contributed by atoms with van der Waals surface area (Å²) in [5.41, 5.74) is 7.52. The van der Waals surface area contributed by atoms with Crippen LogP contribution in [0.5, 0.6) is 0 Å². The number of aromatic nitrogens is 4. The number of fused-ring (bicyclic) bond motifs is 2. The number of hydrogen-bond acceptors (Lipinski definition) is 7. The van der Waals surface area contributed by atoms with E-state index in [0.29, 0.717) is 27.3 Å². The van der Waals surface area contributed by atoms with Crippen molar-refractivity contribution in [1.82, 2.24) is 19.5 Å². The summed E-state index contributed by atoms with van der Waals surface area (Å²) in [6.45, 7) is 0. The van der Waals surface area contributed by atoms with Crippen LogP contribution in [-0.2, 0) is 12.8 Å². The third kappa shape index (κ3) is 2.53. The van der Waals surface area contributed by atoms with E-state index < -0.39 is 0 Å². The molecule has 1 aromatic carbocycles. The van der Waals surface area contributed by atoms with E-state index in [4.69, 9.17) is 5.73 Å². The lowest BCUT2D eigenvalue weighted by atomic mass is 10.2. The highest BCUT2D eigenvalue weighted by Gasteiger charge is 2.11. The zero-order valence-corrected chi connectivity index (χ0v) is 14.4. The standard InChI is InChI=1S/C16H13N5OS2/c1-21-15(22)13-11(6-7-23-13)19-16(21)24-8-12-18-10-5-3-2-4-9(10)14(17)20-12/h2-7H,8H2,1H3,(H2,17,18,20). The fraction of sp³-hybridized carbons (Fsp3) is 0.125. The largest absolute Gasteiger partial charge is 0.383 e. The Hall–Kier alpha value is -2.45. The molecule has 3 heterocycles. The Morgan fingerprint density at radius 3 is 2.88 bits per heavy atom. The first-order chi connectivity index (χ1) is 11.6. The maximum Gasteiger partial charge on any atom is 0.271 e. The van der Waals surface area contributed by atoms with Crippen LogP contribution in [0.3, 0.4) is 0 Å². The molecule has 0 saturated heterocycles. The third-order valence-corrected chi connectivity index (χ3v) is 5.57. The number of para-hydroxylation sites is 1. The minimum atomic E-state index is -0.0311. The Morgan fingerprint density at radius 2 is 2.00 bits per heavy atom. The topological polar surface area (TPSA) is 86.7 Å². The van der Waals surface area contributed by atoms with Crippen molar-refractivity contribution < 1.29 is 0 Å². The fourth-order valence-corrected chi connectivity index (χ4v) is 4.07. The third-order valence-electron chi connectivity index (χ3n) is 3.66. The molecule has 2 N–H and O–H groups in total. The molecule has 0 aliphatic carbocycles. The van der Waals surface area contributed by atoms with Gasteiger partial charge in [0.15, 0.2) is 5.16 Å². The van der Waals surface area contributed by atoms with Gasteiger partial charge in [-0.2, -0.15) is 0 Å². The van der Waals surface area contributed by atoms with E-state index in [1.165, 1.54) is 23.1 Å². The molecule has 0 radical (unpaired) electrons. The molecule has 0 saturated carbocycles. The molecule has 0 amide bonds. The molecule has 0 atom stereocenters. The summed E-state index contributed by atoms with van der Waals surface area (Å²) in [7, 11) is 1.73. The lowest BCUT2D eigenvalue weighted by Gasteiger charge is -2.08. The van der Waals surface area contributed by atoms with Gasteiger partial charge in [-0.3, -0.25) is 9.36 Å². The Bertz CT molecular complexity index is 1120. The van der Waals surface area contributed by atoms with Gasteiger partial charge in [0, 0.05) is 12.4 Å². The molecule has 0 bridgehead atoms. The highest BCUT2D eigenvalue weighted by molar-refractivity contribution is 7.98. The predicted molar refractivity (Wildman–Crippen MR) is 98.4 cm³/mol. The molecular formula is C16H13N5OS2. The SMILES string of the molecule is Cn1c(SCc2nc(N)c3ccccc3n2)nc2ccsc2c1=O. The maximum absolute atomic E-state index is 12.3. The Kier molecular flexibility index (Phi) is 3.70. The van der Waals surface area contributed by atoms with Gasteiger partial charge in [0.25, 0.3) is 5.56 Å². The normalized spacial score (nSPS) is 11.4. The highest BCUT2D eigenvalue weighted by Crippen LogP contribution is 2.24. The van der Waals surface area contributed by atoms with E-state index >= 15 is 0 Å². The number of anilines is 1. The van der Waals surface area contributed by atoms with Crippen molar-refractivity contribution in [3.05, 3.63) is 51.9 Å². The van der Waals surface area contributed by atoms with Crippen LogP contribution in [0, 0.1) is 0 Å². The highest BCUT2D eigenvalue weighted by atomic mass is 32.2. The molecule has 0 unspecified atom stereocenters. The van der Waals surface area contributed by atoms with Crippen LogP contribution in [0.2, 0.25) is 0 Å². The molecule has 0 aliphatic rings. The Morgan fingerprint density at radius 1 is 1.17 bits per heavy atom. The quantitative estimate of drug-likeness (QED) is 0.449. The Labute approximate surface area is 145 Å². The number of benzene rings is 1. The fourth-order valence-electron chi connectivity index (χ4n) is 2.44. The lowest BCUT2D eigenvalue weighted by molar-refractivity contribution is 0.727. The number of thioether (sulfide) groups is 1. The first-order valence-corrected chi connectivity index (χ1v) is 9.08. The molecular weight excluding hydrogens is 342 g/mol. The molecule has 0 fully saturated rings. The minimum Gasteiger partial charge on any atom is -0.383 e. The Balaban J connectivity index is 1.68. The smallest absolute Gasteiger partial charge is 0.271 e. The second kappa shape index (κ2) is 5.88. The van der Waals surface area contributed by atoms with Crippen LogP contribution < -0.4 is 11.3 Å². The lowest BCUT2D eigenvalue weighted by Crippen LogP contribution is -2.18. The van der Waals surface area contributed by atoms with Crippen LogP contribution in [0.1, 0.15) is 5.82 Å². The molecule has 3 aromatic heterocycles. The van der Waals surface area contributed by atoms with Crippen LogP contribution in [0.15, 0.2) is 45.7 Å². The molecule has 0 spiro atoms. The average molecular weight is 355 g/mol. The zero-order chi connectivity index (χ0) is 16.7. The molecule has 24 heavy (non-hydrogen) atoms. The van der Waals surface area contributed by atoms with Crippen LogP contribution in [0.25, 0.3) is 21.1 Å². The number of nitrogen functional groups attached to an aromatic ring is 1. The van der Waals surface area contributed by atoms with Crippen molar-refractivity contribution in [1.29, 1.82) is 0 Å². The van der Waals surface area contributed by atoms with Gasteiger partial charge in [0.1, 0.15) is 16.3 Å². The van der Waals surface area contributed by atoms with E-state index in [1.807, 2.05) is 35.7 Å². The summed E-state index contributed by atoms with van der Waals surface area (Å²) in [4.78, 5) is 25.7. The second-order valence-corrected chi connectivity index (χ2v) is 7.08. The van der Waals surface area contributed by atoms with Crippen molar-refractivity contribution in [3.8, 4) is 0 Å². The summed E-state index contributed by atoms with van der Waals surface area (Å²) in [6, 6.07) is 9.49. The van der Waals surface area contributed by atoms with Gasteiger partial charge in [-0.15, -0.1) is 11.3 Å². The summed E-state index contributed by atoms with van der Waals surface area (Å²) in [5, 5.41) is 3.36. The van der Waals surface area contributed by atoms with Gasteiger partial charge in [0.2, 0.25) is 0 Å². The van der Waals surface area contributed by atoms with E-state index in [0.717, 1.165) is 16.4 Å². The molecule has 8 heteroatoms. The maximum atomic E-state index is 12.3. The molecule has 4 rings (SSSR count). The number of nitrogens with two attached hydrogens (primary N) is 1. The zero-order valence-electron chi connectivity index (χ0n) is 12.8. The number of rotatable bonds is 3. The average Bonchev–Trinajstić information content (AvgIpc) is 3.05. The van der Waals surface area contributed by atoms with Gasteiger partial charge >= 0.3 is 0 Å². The van der Waals surface area contributed by atoms with Gasteiger partial charge in [-0.25, -0.2) is 15.0 Å². The van der Waals surface area contributed by atoms with E-state index in [1.54, 1.807) is 11.6 Å². The van der Waals surface area contributed by atoms with Gasteiger partial charge in [0.05, 0.1) is 16.8 Å². The minimum absolute atomic E-state index is 0.0311. The number of nitrogens with zero attached hydrogens (tertiary/aromatic N) is 4. The first kappa shape index (κ1) is 15.1. The first-order valence-electron chi connectivity index (χ1n) is 7.21.